The van der Waals surface area contributed by atoms with Crippen molar-refractivity contribution in [3.63, 3.8) is 0 Å². The maximum atomic E-state index is 10.9. The summed E-state index contributed by atoms with van der Waals surface area (Å²) in [6, 6.07) is 0. The Kier molecular flexibility index (Phi) is 4.66. The first kappa shape index (κ1) is 13.8. The molecule has 96 valence electrons. The van der Waals surface area contributed by atoms with E-state index in [0.29, 0.717) is 5.06 Å². The number of aliphatic hydroxyl groups is 3. The van der Waals surface area contributed by atoms with Crippen LogP contribution in [0.1, 0.15) is 13.8 Å². The third-order valence-corrected chi connectivity index (χ3v) is 2.84. The van der Waals surface area contributed by atoms with E-state index in [9.17, 15) is 20.5 Å². The molecule has 1 heterocycles. The van der Waals surface area contributed by atoms with Crippen molar-refractivity contribution in [1.29, 1.82) is 0 Å². The van der Waals surface area contributed by atoms with Crippen LogP contribution in [0.25, 0.3) is 0 Å². The first-order valence-electron chi connectivity index (χ1n) is 5.42. The summed E-state index contributed by atoms with van der Waals surface area (Å²) < 4.78 is 5.45. The van der Waals surface area contributed by atoms with Crippen LogP contribution in [0.3, 0.4) is 0 Å². The smallest absolute Gasteiger partial charge is 0.111 e. The van der Waals surface area contributed by atoms with Crippen molar-refractivity contribution in [1.82, 2.24) is 5.06 Å². The van der Waals surface area contributed by atoms with E-state index in [1.54, 1.807) is 0 Å². The molecule has 1 saturated heterocycles. The average Bonchev–Trinajstić information content (AvgIpc) is 2.18. The van der Waals surface area contributed by atoms with E-state index < -0.39 is 30.5 Å². The van der Waals surface area contributed by atoms with Gasteiger partial charge in [-0.25, -0.2) is 0 Å². The first-order chi connectivity index (χ1) is 7.34. The van der Waals surface area contributed by atoms with Crippen LogP contribution in [0.4, 0.5) is 0 Å². The van der Waals surface area contributed by atoms with Crippen molar-refractivity contribution in [2.75, 3.05) is 13.6 Å². The Morgan fingerprint density at radius 3 is 2.19 bits per heavy atom. The van der Waals surface area contributed by atoms with Gasteiger partial charge < -0.3 is 30.3 Å². The Labute approximate surface area is 95.0 Å². The van der Waals surface area contributed by atoms with Crippen LogP contribution in [0.15, 0.2) is 0 Å². The molecule has 5 atom stereocenters. The fraction of sp³-hybridized carbons (Fsp3) is 1.00. The predicted octanol–water partition coefficient (Wildman–Crippen LogP) is -1.08. The lowest BCUT2D eigenvalue weighted by Crippen LogP contribution is -2.60. The van der Waals surface area contributed by atoms with Crippen molar-refractivity contribution in [3.05, 3.63) is 5.21 Å². The molecule has 6 heteroatoms. The van der Waals surface area contributed by atoms with Crippen molar-refractivity contribution in [2.24, 2.45) is 5.92 Å². The van der Waals surface area contributed by atoms with Gasteiger partial charge in [0.1, 0.15) is 18.3 Å². The molecule has 0 amide bonds. The van der Waals surface area contributed by atoms with Gasteiger partial charge >= 0.3 is 0 Å². The fourth-order valence-electron chi connectivity index (χ4n) is 1.94. The van der Waals surface area contributed by atoms with Crippen LogP contribution in [0.5, 0.6) is 0 Å². The third kappa shape index (κ3) is 2.91. The monoisotopic (exact) mass is 234 g/mol. The van der Waals surface area contributed by atoms with Gasteiger partial charge in [-0.3, -0.25) is 0 Å². The van der Waals surface area contributed by atoms with E-state index in [4.69, 9.17) is 4.74 Å². The van der Waals surface area contributed by atoms with Crippen LogP contribution >= 0.6 is 0 Å². The number of ether oxygens (including phenoxy) is 1. The average molecular weight is 234 g/mol. The van der Waals surface area contributed by atoms with Crippen LogP contribution < -0.4 is 0 Å². The number of likely N-dealkylation sites (N-methyl/N-ethyl adjacent to an activating group) is 1. The van der Waals surface area contributed by atoms with Crippen LogP contribution in [0, 0.1) is 11.1 Å². The maximum absolute atomic E-state index is 10.9. The second kappa shape index (κ2) is 5.39. The molecule has 0 radical (unpaired) electrons. The predicted molar refractivity (Wildman–Crippen MR) is 57.5 cm³/mol. The fourth-order valence-corrected chi connectivity index (χ4v) is 1.94. The molecular formula is C10H20NO5-. The van der Waals surface area contributed by atoms with Crippen molar-refractivity contribution >= 4 is 0 Å². The summed E-state index contributed by atoms with van der Waals surface area (Å²) in [6.07, 6.45) is -4.97. The summed E-state index contributed by atoms with van der Waals surface area (Å²) in [5.41, 5.74) is 0. The molecule has 1 aliphatic heterocycles. The number of hydroxylamine groups is 2. The minimum atomic E-state index is -1.27. The highest BCUT2D eigenvalue weighted by Gasteiger charge is 2.44. The highest BCUT2D eigenvalue weighted by molar-refractivity contribution is 4.94. The molecule has 0 aliphatic carbocycles. The highest BCUT2D eigenvalue weighted by atomic mass is 16.5. The summed E-state index contributed by atoms with van der Waals surface area (Å²) >= 11 is 0. The van der Waals surface area contributed by atoms with Gasteiger partial charge in [0.15, 0.2) is 0 Å². The summed E-state index contributed by atoms with van der Waals surface area (Å²) in [5, 5.41) is 40.5. The molecule has 0 aromatic rings. The van der Waals surface area contributed by atoms with Gasteiger partial charge in [-0.05, 0) is 13.0 Å². The van der Waals surface area contributed by atoms with E-state index in [1.807, 2.05) is 13.8 Å². The molecule has 16 heavy (non-hydrogen) atoms. The van der Waals surface area contributed by atoms with E-state index >= 15 is 0 Å². The van der Waals surface area contributed by atoms with Crippen LogP contribution in [-0.2, 0) is 4.74 Å². The second-order valence-electron chi connectivity index (χ2n) is 4.67. The zero-order valence-corrected chi connectivity index (χ0v) is 9.78. The normalized spacial score (nSPS) is 40.7. The number of hydrogen-bond donors (Lipinski definition) is 3. The Balaban J connectivity index is 2.73. The molecule has 1 aliphatic rings. The van der Waals surface area contributed by atoms with Gasteiger partial charge in [-0.2, -0.15) is 0 Å². The number of nitrogens with zero attached hydrogens (tertiary/aromatic N) is 1. The van der Waals surface area contributed by atoms with Gasteiger partial charge in [0.2, 0.25) is 0 Å². The Morgan fingerprint density at radius 1 is 1.19 bits per heavy atom. The Morgan fingerprint density at radius 2 is 1.75 bits per heavy atom. The largest absolute Gasteiger partial charge is 0.785 e. The molecule has 3 unspecified atom stereocenters. The molecule has 6 nitrogen and oxygen atoms in total. The minimum absolute atomic E-state index is 0.00314. The molecule has 1 rings (SSSR count). The third-order valence-electron chi connectivity index (χ3n) is 2.84. The summed E-state index contributed by atoms with van der Waals surface area (Å²) in [4.78, 5) is 0. The van der Waals surface area contributed by atoms with Crippen molar-refractivity contribution in [3.8, 4) is 0 Å². The lowest BCUT2D eigenvalue weighted by atomic mass is 9.89. The number of rotatable bonds is 3. The lowest BCUT2D eigenvalue weighted by molar-refractivity contribution is -0.233. The van der Waals surface area contributed by atoms with E-state index in [0.717, 1.165) is 0 Å². The molecule has 3 N–H and O–H groups in total. The minimum Gasteiger partial charge on any atom is -0.785 e. The van der Waals surface area contributed by atoms with Crippen LogP contribution in [-0.4, -0.2) is 64.5 Å². The van der Waals surface area contributed by atoms with Crippen molar-refractivity contribution < 1.29 is 20.1 Å². The van der Waals surface area contributed by atoms with E-state index in [2.05, 4.69) is 0 Å². The van der Waals surface area contributed by atoms with Gasteiger partial charge in [-0.15, -0.1) is 0 Å². The molecular weight excluding hydrogens is 214 g/mol. The quantitative estimate of drug-likeness (QED) is 0.538. The topological polar surface area (TPSA) is 96.2 Å². The van der Waals surface area contributed by atoms with Crippen LogP contribution in [0.2, 0.25) is 0 Å². The van der Waals surface area contributed by atoms with Gasteiger partial charge in [0.25, 0.3) is 0 Å². The number of aliphatic hydroxyl groups excluding tert-OH is 3. The Bertz CT molecular complexity index is 221. The van der Waals surface area contributed by atoms with Gasteiger partial charge in [0, 0.05) is 6.54 Å². The SMILES string of the molecule is CC(C)[C@@H]1OC(CN(C)[O-])[C@@H](O)C(O)C1O. The molecule has 0 saturated carbocycles. The molecule has 0 spiro atoms. The summed E-state index contributed by atoms with van der Waals surface area (Å²) in [6.45, 7) is 3.65. The van der Waals surface area contributed by atoms with E-state index in [1.165, 1.54) is 7.05 Å². The molecule has 0 bridgehead atoms. The van der Waals surface area contributed by atoms with Gasteiger partial charge in [0.05, 0.1) is 12.2 Å². The number of hydrogen-bond acceptors (Lipinski definition) is 6. The standard InChI is InChI=1S/C10H20NO5/c1-5(2)10-9(14)8(13)7(12)6(16-10)4-11(3)15/h5-10,12-14H,4H2,1-3H3/q-1/t6?,7-,8?,9?,10+/m1/s1. The summed E-state index contributed by atoms with van der Waals surface area (Å²) in [5.74, 6) is -0.00314. The zero-order chi connectivity index (χ0) is 12.5. The lowest BCUT2D eigenvalue weighted by Gasteiger charge is -2.44. The zero-order valence-electron chi connectivity index (χ0n) is 9.78. The van der Waals surface area contributed by atoms with Crippen molar-refractivity contribution in [2.45, 2.75) is 44.4 Å². The maximum Gasteiger partial charge on any atom is 0.111 e. The molecule has 1 fully saturated rings. The highest BCUT2D eigenvalue weighted by Crippen LogP contribution is 2.26. The first-order valence-corrected chi connectivity index (χ1v) is 5.42. The van der Waals surface area contributed by atoms with Gasteiger partial charge in [-0.1, -0.05) is 13.8 Å². The molecule has 0 aromatic carbocycles. The Hall–Kier alpha value is -0.240. The van der Waals surface area contributed by atoms with E-state index in [-0.39, 0.29) is 12.5 Å². The summed E-state index contributed by atoms with van der Waals surface area (Å²) in [7, 11) is 1.32. The second-order valence-corrected chi connectivity index (χ2v) is 4.67. The molecule has 0 aromatic heterocycles.